The van der Waals surface area contributed by atoms with Crippen LogP contribution in [-0.4, -0.2) is 131 Å². The van der Waals surface area contributed by atoms with Crippen LogP contribution in [0.3, 0.4) is 0 Å². The van der Waals surface area contributed by atoms with Gasteiger partial charge in [0.15, 0.2) is 24.8 Å². The Hall–Kier alpha value is -2.99. The summed E-state index contributed by atoms with van der Waals surface area (Å²) in [6.45, 7) is 10.7. The summed E-state index contributed by atoms with van der Waals surface area (Å²) in [6, 6.07) is 6.05. The number of ether oxygens (including phenoxy) is 7. The van der Waals surface area contributed by atoms with Gasteiger partial charge in [0.25, 0.3) is 0 Å². The lowest BCUT2D eigenvalue weighted by Gasteiger charge is -2.59. The summed E-state index contributed by atoms with van der Waals surface area (Å²) in [5.74, 6) is -1.30. The highest BCUT2D eigenvalue weighted by Gasteiger charge is 2.70. The third kappa shape index (κ3) is 8.62. The van der Waals surface area contributed by atoms with Gasteiger partial charge < -0.3 is 58.7 Å². The summed E-state index contributed by atoms with van der Waals surface area (Å²) >= 11 is 0. The van der Waals surface area contributed by atoms with Crippen LogP contribution in [0.5, 0.6) is 5.75 Å². The Balaban J connectivity index is 1.18. The first kappa shape index (κ1) is 47.0. The quantitative estimate of drug-likeness (QED) is 0.140. The van der Waals surface area contributed by atoms with E-state index in [4.69, 9.17) is 33.2 Å². The maximum Gasteiger partial charge on any atom is 0.338 e. The smallest absolute Gasteiger partial charge is 0.338 e. The topological polar surface area (TPSA) is 217 Å². The van der Waals surface area contributed by atoms with E-state index in [1.54, 1.807) is 19.1 Å². The molecule has 4 aliphatic carbocycles. The number of Topliss-reactive ketones (excluding diaryl/α,β-unsaturated/α-hetero) is 1. The minimum absolute atomic E-state index is 0.0591. The fourth-order valence-electron chi connectivity index (χ4n) is 12.1. The van der Waals surface area contributed by atoms with Gasteiger partial charge >= 0.3 is 11.9 Å². The molecule has 0 radical (unpaired) electrons. The third-order valence-electron chi connectivity index (χ3n) is 15.7. The zero-order valence-corrected chi connectivity index (χ0v) is 37.1. The Bertz CT molecular complexity index is 1800. The molecule has 15 nitrogen and oxygen atoms in total. The number of allylic oxidation sites excluding steroid dienone is 1. The molecule has 2 heterocycles. The highest BCUT2D eigenvalue weighted by Crippen LogP contribution is 2.69. The Morgan fingerprint density at radius 3 is 2.19 bits per heavy atom. The van der Waals surface area contributed by atoms with E-state index in [9.17, 15) is 39.9 Å². The summed E-state index contributed by atoms with van der Waals surface area (Å²) in [5.41, 5.74) is -1.08. The van der Waals surface area contributed by atoms with Crippen LogP contribution < -0.4 is 4.74 Å². The van der Waals surface area contributed by atoms with E-state index >= 15 is 0 Å². The summed E-state index contributed by atoms with van der Waals surface area (Å²) in [4.78, 5) is 40.3. The van der Waals surface area contributed by atoms with Gasteiger partial charge in [0, 0.05) is 24.7 Å². The second-order valence-corrected chi connectivity index (χ2v) is 19.7. The van der Waals surface area contributed by atoms with Crippen molar-refractivity contribution in [2.24, 2.45) is 40.4 Å². The Morgan fingerprint density at radius 2 is 1.53 bits per heavy atom. The van der Waals surface area contributed by atoms with Crippen molar-refractivity contribution in [2.75, 3.05) is 20.3 Å². The average molecular weight is 873 g/mol. The molecule has 6 aliphatic rings. The first-order chi connectivity index (χ1) is 29.3. The number of aliphatic hydroxyl groups excluding tert-OH is 4. The second kappa shape index (κ2) is 18.5. The van der Waals surface area contributed by atoms with Gasteiger partial charge in [-0.1, -0.05) is 46.3 Å². The maximum absolute atomic E-state index is 14.2. The van der Waals surface area contributed by atoms with Crippen LogP contribution in [-0.2, 0) is 38.0 Å². The maximum atomic E-state index is 14.2. The second-order valence-electron chi connectivity index (χ2n) is 19.7. The molecule has 5 fully saturated rings. The molecule has 5 N–H and O–H groups in total. The molecule has 15 heteroatoms. The van der Waals surface area contributed by atoms with Crippen molar-refractivity contribution < 1.29 is 73.1 Å². The van der Waals surface area contributed by atoms with Crippen LogP contribution in [0.25, 0.3) is 0 Å². The molecule has 0 spiro atoms. The molecule has 0 amide bonds. The van der Waals surface area contributed by atoms with Gasteiger partial charge in [0.05, 0.1) is 38.1 Å². The lowest BCUT2D eigenvalue weighted by atomic mass is 9.46. The number of esters is 2. The van der Waals surface area contributed by atoms with E-state index in [-0.39, 0.29) is 53.6 Å². The van der Waals surface area contributed by atoms with Crippen LogP contribution >= 0.6 is 0 Å². The van der Waals surface area contributed by atoms with Gasteiger partial charge in [-0.05, 0) is 105 Å². The number of ketones is 1. The molecule has 1 aromatic carbocycles. The Kier molecular flexibility index (Phi) is 14.0. The van der Waals surface area contributed by atoms with Crippen molar-refractivity contribution in [3.05, 3.63) is 41.5 Å². The van der Waals surface area contributed by atoms with Crippen LogP contribution in [0.2, 0.25) is 0 Å². The highest BCUT2D eigenvalue weighted by molar-refractivity contribution is 5.89. The van der Waals surface area contributed by atoms with Crippen molar-refractivity contribution in [2.45, 2.75) is 166 Å². The lowest BCUT2D eigenvalue weighted by Crippen LogP contribution is -2.64. The molecule has 62 heavy (non-hydrogen) atoms. The van der Waals surface area contributed by atoms with E-state index in [0.29, 0.717) is 37.4 Å². The van der Waals surface area contributed by atoms with Crippen LogP contribution in [0, 0.1) is 40.4 Å². The number of hydrogen-bond acceptors (Lipinski definition) is 15. The third-order valence-corrected chi connectivity index (χ3v) is 15.7. The largest absolute Gasteiger partial charge is 0.497 e. The van der Waals surface area contributed by atoms with Crippen molar-refractivity contribution in [1.82, 2.24) is 0 Å². The predicted molar refractivity (Wildman–Crippen MR) is 221 cm³/mol. The first-order valence-electron chi connectivity index (χ1n) is 22.6. The summed E-state index contributed by atoms with van der Waals surface area (Å²) in [7, 11) is 1.48. The van der Waals surface area contributed by atoms with Gasteiger partial charge in [-0.2, -0.15) is 0 Å². The minimum atomic E-state index is -1.67. The first-order valence-corrected chi connectivity index (χ1v) is 22.6. The molecule has 0 bridgehead atoms. The lowest BCUT2D eigenvalue weighted by molar-refractivity contribution is -0.345. The fraction of sp³-hybridized carbons (Fsp3) is 0.766. The van der Waals surface area contributed by atoms with E-state index < -0.39 is 90.8 Å². The number of aliphatic hydroxyl groups is 5. The number of hydrogen-bond donors (Lipinski definition) is 5. The predicted octanol–water partition coefficient (Wildman–Crippen LogP) is 4.02. The fourth-order valence-corrected chi connectivity index (χ4v) is 12.1. The van der Waals surface area contributed by atoms with Crippen LogP contribution in [0.15, 0.2) is 35.9 Å². The summed E-state index contributed by atoms with van der Waals surface area (Å²) in [5, 5.41) is 57.1. The van der Waals surface area contributed by atoms with Crippen molar-refractivity contribution in [1.29, 1.82) is 0 Å². The Labute approximate surface area is 364 Å². The molecule has 7 rings (SSSR count). The summed E-state index contributed by atoms with van der Waals surface area (Å²) in [6.07, 6.45) is -5.12. The molecular weight excluding hydrogens is 805 g/mol. The molecule has 2 aliphatic heterocycles. The number of carbonyl (C=O) groups is 3. The molecule has 0 aromatic heterocycles. The molecule has 2 saturated heterocycles. The molecule has 17 atom stereocenters. The standard InChI is InChI=1S/C47H68O15/c1-24(2)8-15-34(50)25(3)47(55)37(21-33-31-14-11-28-20-29(49)16-18-45(28,5)32(31)17-19-46(33,47)6)60-44-41(59-26(4)48)39(36(52)23-58-44)62-43-40(38(53)35(51)22-57-43)61-42(54)27-9-12-30(56-7)13-10-27/h9-13,24-25,29,31-33,35-41,43-44,49,51-53,55H,8,14-23H2,1-7H3/t25-,29+,31-,32+,33+,35+,36+,37+,38-,39+,40+,41-,43-,44-,45+,46+,47-/m1/s1. The zero-order chi connectivity index (χ0) is 44.9. The zero-order valence-electron chi connectivity index (χ0n) is 37.1. The van der Waals surface area contributed by atoms with Crippen molar-refractivity contribution >= 4 is 17.7 Å². The van der Waals surface area contributed by atoms with E-state index in [2.05, 4.69) is 33.8 Å². The monoisotopic (exact) mass is 872 g/mol. The number of fused-ring (bicyclic) bond motifs is 5. The number of carbonyl (C=O) groups excluding carboxylic acids is 3. The molecule has 1 aromatic rings. The van der Waals surface area contributed by atoms with Gasteiger partial charge in [-0.15, -0.1) is 0 Å². The number of benzene rings is 1. The Morgan fingerprint density at radius 1 is 0.855 bits per heavy atom. The highest BCUT2D eigenvalue weighted by atomic mass is 16.8. The van der Waals surface area contributed by atoms with Gasteiger partial charge in [0.1, 0.15) is 41.5 Å². The summed E-state index contributed by atoms with van der Waals surface area (Å²) < 4.78 is 41.7. The van der Waals surface area contributed by atoms with Crippen molar-refractivity contribution in [3.63, 3.8) is 0 Å². The van der Waals surface area contributed by atoms with Crippen LogP contribution in [0.4, 0.5) is 0 Å². The molecule has 3 saturated carbocycles. The minimum Gasteiger partial charge on any atom is -0.497 e. The van der Waals surface area contributed by atoms with Gasteiger partial charge in [-0.25, -0.2) is 4.79 Å². The average Bonchev–Trinajstić information content (AvgIpc) is 3.47. The van der Waals surface area contributed by atoms with Gasteiger partial charge in [0.2, 0.25) is 0 Å². The van der Waals surface area contributed by atoms with Gasteiger partial charge in [-0.3, -0.25) is 9.59 Å². The number of methoxy groups -OCH3 is 1. The SMILES string of the molecule is COc1ccc(C(=O)O[C@@H]2[C@@H](O[C@@H]3[C@@H](OC(C)=O)[C@@H](O[C@H]4C[C@H]5[C@@H]6CC=C7C[C@@H](O)CC[C@]7(C)[C@H]6CC[C@]5(C)[C@@]4(O)[C@H](C)C(=O)CCC(C)C)OC[C@@H]3O)OC[C@H](O)[C@H]2O)cc1. The van der Waals surface area contributed by atoms with Crippen molar-refractivity contribution in [3.8, 4) is 5.75 Å². The molecule has 0 unspecified atom stereocenters. The van der Waals surface area contributed by atoms with E-state index in [0.717, 1.165) is 25.7 Å². The number of rotatable bonds is 13. The molecular formula is C47H68O15. The molecule has 346 valence electrons. The normalized spacial score (nSPS) is 42.1. The van der Waals surface area contributed by atoms with Crippen LogP contribution in [0.1, 0.15) is 110 Å². The van der Waals surface area contributed by atoms with E-state index in [1.165, 1.54) is 31.7 Å². The van der Waals surface area contributed by atoms with E-state index in [1.807, 2.05) is 0 Å².